The van der Waals surface area contributed by atoms with E-state index < -0.39 is 17.9 Å². The summed E-state index contributed by atoms with van der Waals surface area (Å²) in [7, 11) is 3.07. The first-order chi connectivity index (χ1) is 15.4. The Labute approximate surface area is 184 Å². The molecule has 1 atom stereocenters. The van der Waals surface area contributed by atoms with E-state index in [0.717, 1.165) is 5.56 Å². The second-order valence-corrected chi connectivity index (χ2v) is 7.23. The van der Waals surface area contributed by atoms with Gasteiger partial charge in [-0.25, -0.2) is 9.48 Å². The predicted octanol–water partition coefficient (Wildman–Crippen LogP) is 3.44. The van der Waals surface area contributed by atoms with Crippen molar-refractivity contribution in [3.05, 3.63) is 77.1 Å². The maximum Gasteiger partial charge on any atom is 0.352 e. The number of hydrogen-bond donors (Lipinski definition) is 3. The van der Waals surface area contributed by atoms with Crippen LogP contribution in [0.25, 0.3) is 0 Å². The fourth-order valence-corrected chi connectivity index (χ4v) is 3.51. The number of aromatic nitrogens is 2. The first-order valence-corrected chi connectivity index (χ1v) is 9.81. The number of nitrogens with zero attached hydrogens (tertiary/aromatic N) is 2. The number of ether oxygens (including phenoxy) is 2. The standard InChI is InChI=1S/C23H22N4O5/c1-13-4-6-14(7-5-13)25-22(28)17-12-24-27-19(11-18(23(29)30)26-21(17)27)16-10-15(31-2)8-9-20(16)32-3/h4-12,19,26H,1-3H3,(H,25,28)(H,29,30)/t19-/m1/s1. The summed E-state index contributed by atoms with van der Waals surface area (Å²) in [6.45, 7) is 1.95. The van der Waals surface area contributed by atoms with Crippen LogP contribution in [0.15, 0.2) is 60.4 Å². The molecule has 1 amide bonds. The number of hydrogen-bond acceptors (Lipinski definition) is 6. The lowest BCUT2D eigenvalue weighted by atomic mass is 10.0. The molecule has 0 unspecified atom stereocenters. The highest BCUT2D eigenvalue weighted by atomic mass is 16.5. The van der Waals surface area contributed by atoms with Gasteiger partial charge in [-0.15, -0.1) is 0 Å². The van der Waals surface area contributed by atoms with E-state index in [1.165, 1.54) is 19.4 Å². The number of carbonyl (C=O) groups excluding carboxylic acids is 1. The molecule has 9 nitrogen and oxygen atoms in total. The van der Waals surface area contributed by atoms with Crippen LogP contribution in [0.3, 0.4) is 0 Å². The highest BCUT2D eigenvalue weighted by molar-refractivity contribution is 6.08. The van der Waals surface area contributed by atoms with Crippen LogP contribution in [0, 0.1) is 6.92 Å². The number of aliphatic carboxylic acids is 1. The zero-order valence-corrected chi connectivity index (χ0v) is 17.7. The van der Waals surface area contributed by atoms with E-state index in [1.54, 1.807) is 42.1 Å². The molecule has 1 aliphatic rings. The molecule has 2 heterocycles. The van der Waals surface area contributed by atoms with Crippen LogP contribution in [0.4, 0.5) is 11.5 Å². The van der Waals surface area contributed by atoms with Gasteiger partial charge in [0, 0.05) is 11.3 Å². The molecular formula is C23H22N4O5. The molecule has 32 heavy (non-hydrogen) atoms. The maximum atomic E-state index is 13.0. The Hall–Kier alpha value is -4.27. The van der Waals surface area contributed by atoms with E-state index in [0.29, 0.717) is 22.7 Å². The lowest BCUT2D eigenvalue weighted by molar-refractivity contribution is -0.132. The summed E-state index contributed by atoms with van der Waals surface area (Å²) >= 11 is 0. The number of carboxylic acid groups (broad SMARTS) is 1. The van der Waals surface area contributed by atoms with Gasteiger partial charge in [-0.3, -0.25) is 4.79 Å². The van der Waals surface area contributed by atoms with E-state index >= 15 is 0 Å². The van der Waals surface area contributed by atoms with Gasteiger partial charge in [0.15, 0.2) is 0 Å². The molecular weight excluding hydrogens is 412 g/mol. The zero-order valence-electron chi connectivity index (χ0n) is 17.7. The number of fused-ring (bicyclic) bond motifs is 1. The third kappa shape index (κ3) is 3.87. The quantitative estimate of drug-likeness (QED) is 0.544. The van der Waals surface area contributed by atoms with Gasteiger partial charge in [-0.05, 0) is 43.3 Å². The predicted molar refractivity (Wildman–Crippen MR) is 118 cm³/mol. The first kappa shape index (κ1) is 21.0. The average Bonchev–Trinajstić information content (AvgIpc) is 3.23. The van der Waals surface area contributed by atoms with Gasteiger partial charge in [0.25, 0.3) is 5.91 Å². The number of rotatable bonds is 6. The van der Waals surface area contributed by atoms with Crippen molar-refractivity contribution in [1.82, 2.24) is 9.78 Å². The number of carboxylic acids is 1. The summed E-state index contributed by atoms with van der Waals surface area (Å²) in [6, 6.07) is 12.0. The second-order valence-electron chi connectivity index (χ2n) is 7.23. The Morgan fingerprint density at radius 3 is 2.53 bits per heavy atom. The molecule has 1 aromatic heterocycles. The van der Waals surface area contributed by atoms with Crippen molar-refractivity contribution in [1.29, 1.82) is 0 Å². The lowest BCUT2D eigenvalue weighted by Gasteiger charge is -2.26. The molecule has 3 N–H and O–H groups in total. The van der Waals surface area contributed by atoms with E-state index in [1.807, 2.05) is 19.1 Å². The van der Waals surface area contributed by atoms with Crippen LogP contribution in [-0.2, 0) is 4.79 Å². The molecule has 0 saturated carbocycles. The Morgan fingerprint density at radius 1 is 1.12 bits per heavy atom. The number of amides is 1. The number of benzene rings is 2. The molecule has 0 saturated heterocycles. The van der Waals surface area contributed by atoms with Gasteiger partial charge in [0.1, 0.15) is 34.6 Å². The van der Waals surface area contributed by atoms with Crippen LogP contribution in [0.5, 0.6) is 11.5 Å². The van der Waals surface area contributed by atoms with E-state index in [9.17, 15) is 14.7 Å². The molecule has 164 valence electrons. The second kappa shape index (κ2) is 8.46. The summed E-state index contributed by atoms with van der Waals surface area (Å²) in [6.07, 6.45) is 2.92. The molecule has 0 bridgehead atoms. The van der Waals surface area contributed by atoms with Crippen molar-refractivity contribution in [2.75, 3.05) is 24.9 Å². The summed E-state index contributed by atoms with van der Waals surface area (Å²) in [5, 5.41) is 19.7. The summed E-state index contributed by atoms with van der Waals surface area (Å²) in [5.74, 6) is -0.189. The maximum absolute atomic E-state index is 13.0. The van der Waals surface area contributed by atoms with Crippen LogP contribution >= 0.6 is 0 Å². The lowest BCUT2D eigenvalue weighted by Crippen LogP contribution is -2.26. The Morgan fingerprint density at radius 2 is 1.88 bits per heavy atom. The Kier molecular flexibility index (Phi) is 5.55. The van der Waals surface area contributed by atoms with Crippen LogP contribution in [0.2, 0.25) is 0 Å². The molecule has 2 aromatic carbocycles. The van der Waals surface area contributed by atoms with Gasteiger partial charge < -0.3 is 25.2 Å². The molecule has 3 aromatic rings. The molecule has 9 heteroatoms. The van der Waals surface area contributed by atoms with Gasteiger partial charge in [-0.1, -0.05) is 17.7 Å². The van der Waals surface area contributed by atoms with Crippen molar-refractivity contribution in [2.45, 2.75) is 13.0 Å². The van der Waals surface area contributed by atoms with Crippen molar-refractivity contribution < 1.29 is 24.2 Å². The topological polar surface area (TPSA) is 115 Å². The summed E-state index contributed by atoms with van der Waals surface area (Å²) in [5.41, 5.74) is 2.47. The summed E-state index contributed by atoms with van der Waals surface area (Å²) < 4.78 is 12.4. The molecule has 0 fully saturated rings. The number of nitrogens with one attached hydrogen (secondary N) is 2. The third-order valence-corrected chi connectivity index (χ3v) is 5.18. The van der Waals surface area contributed by atoms with Crippen molar-refractivity contribution >= 4 is 23.4 Å². The number of carbonyl (C=O) groups is 2. The number of methoxy groups -OCH3 is 2. The number of anilines is 2. The smallest absolute Gasteiger partial charge is 0.352 e. The highest BCUT2D eigenvalue weighted by Gasteiger charge is 2.31. The minimum absolute atomic E-state index is 0.0720. The highest BCUT2D eigenvalue weighted by Crippen LogP contribution is 2.38. The number of aryl methyl sites for hydroxylation is 1. The third-order valence-electron chi connectivity index (χ3n) is 5.18. The normalized spacial score (nSPS) is 14.6. The van der Waals surface area contributed by atoms with E-state index in [4.69, 9.17) is 9.47 Å². The van der Waals surface area contributed by atoms with Crippen LogP contribution < -0.4 is 20.1 Å². The average molecular weight is 434 g/mol. The van der Waals surface area contributed by atoms with Gasteiger partial charge in [0.2, 0.25) is 0 Å². The zero-order chi connectivity index (χ0) is 22.8. The minimum atomic E-state index is -1.16. The molecule has 4 rings (SSSR count). The molecule has 0 spiro atoms. The Bertz CT molecular complexity index is 1210. The monoisotopic (exact) mass is 434 g/mol. The summed E-state index contributed by atoms with van der Waals surface area (Å²) in [4.78, 5) is 24.8. The van der Waals surface area contributed by atoms with Gasteiger partial charge in [0.05, 0.1) is 20.4 Å². The van der Waals surface area contributed by atoms with E-state index in [-0.39, 0.29) is 17.1 Å². The molecule has 0 radical (unpaired) electrons. The fourth-order valence-electron chi connectivity index (χ4n) is 3.51. The van der Waals surface area contributed by atoms with Crippen LogP contribution in [-0.4, -0.2) is 41.0 Å². The van der Waals surface area contributed by atoms with Crippen molar-refractivity contribution in [3.63, 3.8) is 0 Å². The van der Waals surface area contributed by atoms with Crippen molar-refractivity contribution in [2.24, 2.45) is 0 Å². The first-order valence-electron chi connectivity index (χ1n) is 9.81. The SMILES string of the molecule is COc1ccc(OC)c([C@H]2C=C(C(=O)O)Nc3c(C(=O)Nc4ccc(C)cc4)cnn32)c1. The van der Waals surface area contributed by atoms with Gasteiger partial charge in [-0.2, -0.15) is 5.10 Å². The fraction of sp³-hybridized carbons (Fsp3) is 0.174. The van der Waals surface area contributed by atoms with E-state index in [2.05, 4.69) is 15.7 Å². The largest absolute Gasteiger partial charge is 0.497 e. The van der Waals surface area contributed by atoms with Crippen LogP contribution in [0.1, 0.15) is 27.5 Å². The molecule has 1 aliphatic heterocycles. The van der Waals surface area contributed by atoms with Crippen molar-refractivity contribution in [3.8, 4) is 11.5 Å². The Balaban J connectivity index is 1.77. The number of allylic oxidation sites excluding steroid dienone is 1. The minimum Gasteiger partial charge on any atom is -0.497 e. The molecule has 0 aliphatic carbocycles. The van der Waals surface area contributed by atoms with Gasteiger partial charge >= 0.3 is 5.97 Å².